The molecule has 1 amide bonds. The molecule has 0 saturated heterocycles. The molecule has 0 spiro atoms. The molecule has 1 aliphatic carbocycles. The van der Waals surface area contributed by atoms with Crippen molar-refractivity contribution in [1.82, 2.24) is 4.98 Å². The van der Waals surface area contributed by atoms with E-state index < -0.39 is 5.91 Å². The third-order valence-electron chi connectivity index (χ3n) is 5.48. The Balaban J connectivity index is 0.000000346. The minimum absolute atomic E-state index is 0.144. The van der Waals surface area contributed by atoms with Gasteiger partial charge in [0, 0.05) is 30.4 Å². The molecule has 1 fully saturated rings. The predicted molar refractivity (Wildman–Crippen MR) is 149 cm³/mol. The summed E-state index contributed by atoms with van der Waals surface area (Å²) in [5, 5.41) is 8.67. The first-order valence-electron chi connectivity index (χ1n) is 12.6. The maximum Gasteiger partial charge on any atom is 0.252 e. The van der Waals surface area contributed by atoms with E-state index in [2.05, 4.69) is 35.5 Å². The monoisotopic (exact) mass is 491 g/mol. The van der Waals surface area contributed by atoms with E-state index in [0.29, 0.717) is 12.7 Å². The number of primary amides is 1. The number of aromatic nitrogens is 1. The number of carbonyl (C=O) groups excluding carboxylic acids is 1. The molecule has 1 aromatic carbocycles. The van der Waals surface area contributed by atoms with Crippen LogP contribution in [0.3, 0.4) is 0 Å². The number of hydrogen-bond acceptors (Lipinski definition) is 5. The van der Waals surface area contributed by atoms with Gasteiger partial charge in [0.05, 0.1) is 18.3 Å². The number of carbonyl (C=O) groups is 1. The highest BCUT2D eigenvalue weighted by molar-refractivity contribution is 5.98. The van der Waals surface area contributed by atoms with Crippen LogP contribution in [0, 0.1) is 11.8 Å². The zero-order valence-corrected chi connectivity index (χ0v) is 21.9. The number of nitrogens with zero attached hydrogens (tertiary/aromatic N) is 1. The lowest BCUT2D eigenvalue weighted by Crippen LogP contribution is -2.14. The molecule has 1 saturated carbocycles. The standard InChI is InChI=1S/C17H22O2.C11H13N3O.C2H6/c18-13-5-1-2-6-15-9-11-16(12-10-15)14-19-17-7-3-4-8-17;1-3-7(4-2)8-5-9(11(13)15)10(12)14-6-8;1-2/h9-12,17-18H,1,3-5,7-8,13-14H2;3-6H,1H2,2H3,(H2,12,14)(H2,13,15);1-2H3/b;7-4+;. The molecule has 36 heavy (non-hydrogen) atoms. The Kier molecular flexibility index (Phi) is 15.3. The van der Waals surface area contributed by atoms with E-state index in [1.54, 1.807) is 18.3 Å². The summed E-state index contributed by atoms with van der Waals surface area (Å²) in [4.78, 5) is 14.9. The molecule has 194 valence electrons. The van der Waals surface area contributed by atoms with Crippen LogP contribution in [0.25, 0.3) is 5.57 Å². The van der Waals surface area contributed by atoms with E-state index in [-0.39, 0.29) is 18.0 Å². The highest BCUT2D eigenvalue weighted by atomic mass is 16.5. The lowest BCUT2D eigenvalue weighted by Gasteiger charge is -2.10. The number of amides is 1. The van der Waals surface area contributed by atoms with Crippen LogP contribution >= 0.6 is 0 Å². The average molecular weight is 492 g/mol. The third-order valence-corrected chi connectivity index (χ3v) is 5.48. The van der Waals surface area contributed by atoms with Crippen molar-refractivity contribution in [2.75, 3.05) is 12.3 Å². The minimum Gasteiger partial charge on any atom is -0.396 e. The summed E-state index contributed by atoms with van der Waals surface area (Å²) in [5.41, 5.74) is 14.8. The fourth-order valence-corrected chi connectivity index (χ4v) is 3.52. The van der Waals surface area contributed by atoms with Crippen LogP contribution in [-0.4, -0.2) is 28.7 Å². The Morgan fingerprint density at radius 3 is 2.47 bits per heavy atom. The van der Waals surface area contributed by atoms with E-state index >= 15 is 0 Å². The van der Waals surface area contributed by atoms with Crippen molar-refractivity contribution in [3.63, 3.8) is 0 Å². The Bertz CT molecular complexity index is 1030. The number of aliphatic hydroxyl groups is 1. The Hall–Kier alpha value is -3.40. The number of nitrogens with two attached hydrogens (primary N) is 2. The van der Waals surface area contributed by atoms with Gasteiger partial charge in [0.2, 0.25) is 0 Å². The molecule has 3 rings (SSSR count). The van der Waals surface area contributed by atoms with Crippen LogP contribution in [-0.2, 0) is 11.3 Å². The van der Waals surface area contributed by atoms with Crippen molar-refractivity contribution in [2.45, 2.75) is 72.0 Å². The normalized spacial score (nSPS) is 12.8. The SMILES string of the molecule is C=C/C(=C\C)c1cnc(N)c(C(N)=O)c1.CC.OCCCC#Cc1ccc(COC2CCCC2)cc1. The zero-order valence-electron chi connectivity index (χ0n) is 21.9. The summed E-state index contributed by atoms with van der Waals surface area (Å²) < 4.78 is 5.88. The molecule has 0 unspecified atom stereocenters. The van der Waals surface area contributed by atoms with Crippen molar-refractivity contribution in [1.29, 1.82) is 0 Å². The average Bonchev–Trinajstić information content (AvgIpc) is 3.43. The van der Waals surface area contributed by atoms with Crippen molar-refractivity contribution in [3.05, 3.63) is 77.5 Å². The molecule has 0 bridgehead atoms. The van der Waals surface area contributed by atoms with Gasteiger partial charge < -0.3 is 21.3 Å². The molecule has 2 aromatic rings. The van der Waals surface area contributed by atoms with Gasteiger partial charge >= 0.3 is 0 Å². The summed E-state index contributed by atoms with van der Waals surface area (Å²) >= 11 is 0. The maximum absolute atomic E-state index is 11.0. The molecule has 5 N–H and O–H groups in total. The van der Waals surface area contributed by atoms with E-state index in [1.807, 2.05) is 39.0 Å². The number of hydrogen-bond donors (Lipinski definition) is 3. The second-order valence-electron chi connectivity index (χ2n) is 8.01. The fourth-order valence-electron chi connectivity index (χ4n) is 3.52. The van der Waals surface area contributed by atoms with Crippen LogP contribution in [0.15, 0.2) is 55.3 Å². The van der Waals surface area contributed by atoms with Gasteiger partial charge in [-0.05, 0) is 55.5 Å². The van der Waals surface area contributed by atoms with Gasteiger partial charge in [-0.2, -0.15) is 0 Å². The first kappa shape index (κ1) is 30.6. The Morgan fingerprint density at radius 2 is 1.92 bits per heavy atom. The number of aliphatic hydroxyl groups excluding tert-OH is 1. The smallest absolute Gasteiger partial charge is 0.252 e. The summed E-state index contributed by atoms with van der Waals surface area (Å²) in [6.45, 7) is 10.5. The van der Waals surface area contributed by atoms with Crippen LogP contribution in [0.4, 0.5) is 5.82 Å². The summed E-state index contributed by atoms with van der Waals surface area (Å²) in [6.07, 6.45) is 12.2. The molecule has 0 atom stereocenters. The number of allylic oxidation sites excluding steroid dienone is 3. The number of nitrogen functional groups attached to an aromatic ring is 1. The summed E-state index contributed by atoms with van der Waals surface area (Å²) in [5.74, 6) is 5.72. The molecule has 1 heterocycles. The maximum atomic E-state index is 11.0. The largest absolute Gasteiger partial charge is 0.396 e. The predicted octanol–water partition coefficient (Wildman–Crippen LogP) is 5.65. The second kappa shape index (κ2) is 18.0. The first-order valence-corrected chi connectivity index (χ1v) is 12.6. The van der Waals surface area contributed by atoms with E-state index in [1.165, 1.54) is 31.2 Å². The minimum atomic E-state index is -0.582. The first-order chi connectivity index (χ1) is 17.5. The van der Waals surface area contributed by atoms with Gasteiger partial charge in [0.25, 0.3) is 5.91 Å². The highest BCUT2D eigenvalue weighted by Crippen LogP contribution is 2.22. The molecular weight excluding hydrogens is 450 g/mol. The van der Waals surface area contributed by atoms with Crippen molar-refractivity contribution >= 4 is 17.3 Å². The van der Waals surface area contributed by atoms with Gasteiger partial charge in [-0.15, -0.1) is 0 Å². The fraction of sp³-hybridized carbons (Fsp3) is 0.400. The Morgan fingerprint density at radius 1 is 1.25 bits per heavy atom. The van der Waals surface area contributed by atoms with Crippen molar-refractivity contribution in [2.24, 2.45) is 5.73 Å². The number of pyridine rings is 1. The number of rotatable bonds is 8. The molecule has 0 radical (unpaired) electrons. The number of ether oxygens (including phenoxy) is 1. The molecule has 6 heteroatoms. The van der Waals surface area contributed by atoms with Gasteiger partial charge in [0.1, 0.15) is 5.82 Å². The number of benzene rings is 1. The number of unbranched alkanes of at least 4 members (excludes halogenated alkanes) is 1. The molecular formula is C30H41N3O3. The molecule has 1 aromatic heterocycles. The zero-order chi connectivity index (χ0) is 26.8. The number of anilines is 1. The van der Waals surface area contributed by atoms with Gasteiger partial charge in [0.15, 0.2) is 0 Å². The lowest BCUT2D eigenvalue weighted by molar-refractivity contribution is 0.0457. The van der Waals surface area contributed by atoms with Crippen LogP contribution in [0.2, 0.25) is 0 Å². The van der Waals surface area contributed by atoms with E-state index in [4.69, 9.17) is 21.3 Å². The topological polar surface area (TPSA) is 111 Å². The van der Waals surface area contributed by atoms with E-state index in [0.717, 1.165) is 29.5 Å². The van der Waals surface area contributed by atoms with Crippen LogP contribution in [0.5, 0.6) is 0 Å². The summed E-state index contributed by atoms with van der Waals surface area (Å²) in [6, 6.07) is 9.87. The van der Waals surface area contributed by atoms with Crippen molar-refractivity contribution in [3.8, 4) is 11.8 Å². The Labute approximate surface area is 216 Å². The molecule has 1 aliphatic rings. The van der Waals surface area contributed by atoms with Crippen LogP contribution < -0.4 is 11.5 Å². The third kappa shape index (κ3) is 10.9. The van der Waals surface area contributed by atoms with Gasteiger partial charge in [-0.3, -0.25) is 4.79 Å². The second-order valence-corrected chi connectivity index (χ2v) is 8.01. The van der Waals surface area contributed by atoms with Crippen LogP contribution in [0.1, 0.15) is 86.3 Å². The highest BCUT2D eigenvalue weighted by Gasteiger charge is 2.15. The van der Waals surface area contributed by atoms with Crippen molar-refractivity contribution < 1.29 is 14.6 Å². The van der Waals surface area contributed by atoms with E-state index in [9.17, 15) is 4.79 Å². The lowest BCUT2D eigenvalue weighted by atomic mass is 10.1. The molecule has 6 nitrogen and oxygen atoms in total. The molecule has 0 aliphatic heterocycles. The summed E-state index contributed by atoms with van der Waals surface area (Å²) in [7, 11) is 0. The van der Waals surface area contributed by atoms with Gasteiger partial charge in [-0.1, -0.05) is 69.4 Å². The van der Waals surface area contributed by atoms with Gasteiger partial charge in [-0.25, -0.2) is 4.98 Å². The quantitative estimate of drug-likeness (QED) is 0.251.